The van der Waals surface area contributed by atoms with E-state index in [1.807, 2.05) is 13.0 Å². The van der Waals surface area contributed by atoms with Gasteiger partial charge in [-0.15, -0.1) is 0 Å². The molecule has 6 nitrogen and oxygen atoms in total. The molecule has 0 spiro atoms. The van der Waals surface area contributed by atoms with Crippen LogP contribution in [0.5, 0.6) is 5.75 Å². The molecule has 3 rings (SSSR count). The van der Waals surface area contributed by atoms with Crippen LogP contribution in [0.3, 0.4) is 0 Å². The number of nitrogens with zero attached hydrogens (tertiary/aromatic N) is 1. The smallest absolute Gasteiger partial charge is 0.175 e. The van der Waals surface area contributed by atoms with E-state index in [4.69, 9.17) is 25.5 Å². The SMILES string of the molecule is CCO/C=C\c1c(NCc2ccco2)cc(-c2ccc(Cl)c(OC)c2F)nc1C=O. The van der Waals surface area contributed by atoms with Crippen molar-refractivity contribution in [3.8, 4) is 17.0 Å². The third-order valence-corrected chi connectivity index (χ3v) is 4.56. The number of carbonyl (C=O) groups is 1. The molecule has 8 heteroatoms. The lowest BCUT2D eigenvalue weighted by atomic mass is 10.0. The second-order valence-corrected chi connectivity index (χ2v) is 6.51. The molecule has 3 aromatic rings. The van der Waals surface area contributed by atoms with E-state index in [0.29, 0.717) is 36.4 Å². The molecule has 0 aliphatic rings. The van der Waals surface area contributed by atoms with Crippen molar-refractivity contribution in [2.75, 3.05) is 19.0 Å². The molecule has 0 aliphatic heterocycles. The van der Waals surface area contributed by atoms with E-state index in [2.05, 4.69) is 10.3 Å². The van der Waals surface area contributed by atoms with E-state index >= 15 is 0 Å². The maximum atomic E-state index is 14.9. The van der Waals surface area contributed by atoms with Crippen molar-refractivity contribution in [3.63, 3.8) is 0 Å². The molecule has 0 radical (unpaired) electrons. The van der Waals surface area contributed by atoms with Crippen LogP contribution in [0.25, 0.3) is 17.3 Å². The lowest BCUT2D eigenvalue weighted by molar-refractivity contribution is 0.111. The third-order valence-electron chi connectivity index (χ3n) is 4.26. The van der Waals surface area contributed by atoms with Gasteiger partial charge in [-0.25, -0.2) is 9.37 Å². The Hall–Kier alpha value is -3.32. The van der Waals surface area contributed by atoms with Gasteiger partial charge < -0.3 is 19.2 Å². The van der Waals surface area contributed by atoms with Gasteiger partial charge in [-0.1, -0.05) is 11.6 Å². The number of anilines is 1. The highest BCUT2D eigenvalue weighted by Gasteiger charge is 2.18. The van der Waals surface area contributed by atoms with E-state index in [1.165, 1.54) is 25.5 Å². The molecule has 0 saturated heterocycles. The zero-order valence-electron chi connectivity index (χ0n) is 16.4. The van der Waals surface area contributed by atoms with Gasteiger partial charge in [0.05, 0.1) is 43.5 Å². The summed E-state index contributed by atoms with van der Waals surface area (Å²) in [5.41, 5.74) is 1.59. The highest BCUT2D eigenvalue weighted by Crippen LogP contribution is 2.36. The summed E-state index contributed by atoms with van der Waals surface area (Å²) in [4.78, 5) is 16.1. The van der Waals surface area contributed by atoms with Crippen molar-refractivity contribution in [1.29, 1.82) is 0 Å². The number of ether oxygens (including phenoxy) is 2. The number of aldehydes is 1. The van der Waals surface area contributed by atoms with Crippen LogP contribution in [0, 0.1) is 5.82 Å². The van der Waals surface area contributed by atoms with Crippen LogP contribution in [-0.2, 0) is 11.3 Å². The van der Waals surface area contributed by atoms with Crippen molar-refractivity contribution in [2.45, 2.75) is 13.5 Å². The number of carbonyl (C=O) groups excluding carboxylic acids is 1. The van der Waals surface area contributed by atoms with Crippen LogP contribution in [0.2, 0.25) is 5.02 Å². The molecule has 0 aliphatic carbocycles. The summed E-state index contributed by atoms with van der Waals surface area (Å²) in [6, 6.07) is 8.24. The van der Waals surface area contributed by atoms with E-state index in [1.54, 1.807) is 24.5 Å². The van der Waals surface area contributed by atoms with Gasteiger partial charge in [-0.2, -0.15) is 0 Å². The van der Waals surface area contributed by atoms with Gasteiger partial charge in [0.1, 0.15) is 11.5 Å². The summed E-state index contributed by atoms with van der Waals surface area (Å²) in [7, 11) is 1.33. The minimum Gasteiger partial charge on any atom is -0.501 e. The number of benzene rings is 1. The summed E-state index contributed by atoms with van der Waals surface area (Å²) in [6.07, 6.45) is 5.29. The van der Waals surface area contributed by atoms with Crippen LogP contribution in [0.15, 0.2) is 47.3 Å². The number of hydrogen-bond donors (Lipinski definition) is 1. The molecular formula is C22H20ClFN2O4. The molecule has 2 heterocycles. The number of nitrogens with one attached hydrogen (secondary N) is 1. The number of pyridine rings is 1. The maximum Gasteiger partial charge on any atom is 0.175 e. The predicted octanol–water partition coefficient (Wildman–Crippen LogP) is 5.57. The van der Waals surface area contributed by atoms with Gasteiger partial charge in [0.15, 0.2) is 17.9 Å². The van der Waals surface area contributed by atoms with Crippen LogP contribution < -0.4 is 10.1 Å². The second-order valence-electron chi connectivity index (χ2n) is 6.11. The molecule has 30 heavy (non-hydrogen) atoms. The first-order chi connectivity index (χ1) is 14.6. The topological polar surface area (TPSA) is 73.6 Å². The van der Waals surface area contributed by atoms with E-state index in [-0.39, 0.29) is 27.7 Å². The number of furan rings is 1. The Morgan fingerprint density at radius 3 is 2.83 bits per heavy atom. The van der Waals surface area contributed by atoms with Crippen LogP contribution in [-0.4, -0.2) is 25.0 Å². The highest BCUT2D eigenvalue weighted by atomic mass is 35.5. The normalized spacial score (nSPS) is 10.9. The Balaban J connectivity index is 2.11. The number of aromatic nitrogens is 1. The molecule has 0 fully saturated rings. The molecule has 1 N–H and O–H groups in total. The van der Waals surface area contributed by atoms with E-state index in [9.17, 15) is 9.18 Å². The van der Waals surface area contributed by atoms with Crippen LogP contribution >= 0.6 is 11.6 Å². The fraction of sp³-hybridized carbons (Fsp3) is 0.182. The van der Waals surface area contributed by atoms with E-state index in [0.717, 1.165) is 0 Å². The van der Waals surface area contributed by atoms with E-state index < -0.39 is 5.82 Å². The second kappa shape index (κ2) is 9.93. The quantitative estimate of drug-likeness (QED) is 0.353. The number of methoxy groups -OCH3 is 1. The Kier molecular flexibility index (Phi) is 7.08. The highest BCUT2D eigenvalue weighted by molar-refractivity contribution is 6.32. The Morgan fingerprint density at radius 2 is 2.17 bits per heavy atom. The molecular weight excluding hydrogens is 411 g/mol. The summed E-state index contributed by atoms with van der Waals surface area (Å²) >= 11 is 5.99. The maximum absolute atomic E-state index is 14.9. The molecule has 0 unspecified atom stereocenters. The first-order valence-corrected chi connectivity index (χ1v) is 9.53. The minimum atomic E-state index is -0.663. The van der Waals surface area contributed by atoms with Crippen molar-refractivity contribution >= 4 is 29.7 Å². The van der Waals surface area contributed by atoms with Gasteiger partial charge in [-0.05, 0) is 43.3 Å². The molecule has 0 bridgehead atoms. The van der Waals surface area contributed by atoms with Crippen LogP contribution in [0.1, 0.15) is 28.7 Å². The van der Waals surface area contributed by atoms with Crippen molar-refractivity contribution in [3.05, 3.63) is 70.7 Å². The average molecular weight is 431 g/mol. The summed E-state index contributed by atoms with van der Waals surface area (Å²) in [5.74, 6) is -0.0573. The lowest BCUT2D eigenvalue weighted by Crippen LogP contribution is -2.06. The standard InChI is InChI=1S/C22H20ClFN2O4/c1-3-29-10-8-15-18(25-12-14-5-4-9-30-14)11-19(26-20(15)13-27)16-6-7-17(23)22(28-2)21(16)24/h4-11,13H,3,12H2,1-2H3,(H,25,26)/b10-8-. The number of hydrogen-bond acceptors (Lipinski definition) is 6. The van der Waals surface area contributed by atoms with Gasteiger partial charge in [0.25, 0.3) is 0 Å². The summed E-state index contributed by atoms with van der Waals surface area (Å²) < 4.78 is 30.6. The van der Waals surface area contributed by atoms with Crippen LogP contribution in [0.4, 0.5) is 10.1 Å². The molecule has 1 aromatic carbocycles. The van der Waals surface area contributed by atoms with Gasteiger partial charge in [0, 0.05) is 16.8 Å². The first kappa shape index (κ1) is 21.4. The largest absolute Gasteiger partial charge is 0.501 e. The Labute approximate surface area is 178 Å². The molecule has 156 valence electrons. The van der Waals surface area contributed by atoms with Gasteiger partial charge in [0.2, 0.25) is 0 Å². The van der Waals surface area contributed by atoms with Gasteiger partial charge in [-0.3, -0.25) is 4.79 Å². The molecule has 0 atom stereocenters. The minimum absolute atomic E-state index is 0.0889. The predicted molar refractivity (Wildman–Crippen MR) is 113 cm³/mol. The first-order valence-electron chi connectivity index (χ1n) is 9.16. The number of halogens is 2. The monoisotopic (exact) mass is 430 g/mol. The fourth-order valence-corrected chi connectivity index (χ4v) is 3.07. The third kappa shape index (κ3) is 4.63. The van der Waals surface area contributed by atoms with Gasteiger partial charge >= 0.3 is 0 Å². The zero-order chi connectivity index (χ0) is 21.5. The Morgan fingerprint density at radius 1 is 1.33 bits per heavy atom. The zero-order valence-corrected chi connectivity index (χ0v) is 17.2. The Bertz CT molecular complexity index is 1050. The summed E-state index contributed by atoms with van der Waals surface area (Å²) in [6.45, 7) is 2.68. The molecule has 2 aromatic heterocycles. The number of rotatable bonds is 9. The van der Waals surface area contributed by atoms with Crippen molar-refractivity contribution in [2.24, 2.45) is 0 Å². The molecule has 0 saturated carbocycles. The van der Waals surface area contributed by atoms with Crippen molar-refractivity contribution in [1.82, 2.24) is 4.98 Å². The lowest BCUT2D eigenvalue weighted by Gasteiger charge is -2.14. The summed E-state index contributed by atoms with van der Waals surface area (Å²) in [5, 5.41) is 3.35. The molecule has 0 amide bonds. The fourth-order valence-electron chi connectivity index (χ4n) is 2.85. The average Bonchev–Trinajstić information content (AvgIpc) is 3.27. The van der Waals surface area contributed by atoms with Crippen molar-refractivity contribution < 1.29 is 23.1 Å².